The van der Waals surface area contributed by atoms with E-state index in [1.54, 1.807) is 0 Å². The van der Waals surface area contributed by atoms with Gasteiger partial charge in [0.15, 0.2) is 0 Å². The average Bonchev–Trinajstić information content (AvgIpc) is 2.30. The third kappa shape index (κ3) is 8.11. The van der Waals surface area contributed by atoms with Gasteiger partial charge >= 0.3 is 0 Å². The van der Waals surface area contributed by atoms with Crippen LogP contribution in [0.4, 0.5) is 0 Å². The van der Waals surface area contributed by atoms with Crippen LogP contribution < -0.4 is 4.98 Å². The van der Waals surface area contributed by atoms with E-state index in [4.69, 9.17) is 0 Å². The van der Waals surface area contributed by atoms with E-state index in [0.29, 0.717) is 5.04 Å². The number of nitrogens with zero attached hydrogens (tertiary/aromatic N) is 1. The van der Waals surface area contributed by atoms with Crippen LogP contribution in [0.25, 0.3) is 0 Å². The molecule has 1 N–H and O–H groups in total. The van der Waals surface area contributed by atoms with Crippen molar-refractivity contribution in [3.8, 4) is 0 Å². The Hall–Kier alpha value is 0.137. The number of hydrogen-bond donors (Lipinski definition) is 1. The van der Waals surface area contributed by atoms with Gasteiger partial charge in [-0.05, 0) is 31.0 Å². The van der Waals surface area contributed by atoms with Gasteiger partial charge in [0.25, 0.3) is 0 Å². The van der Waals surface area contributed by atoms with Crippen LogP contribution in [0.15, 0.2) is 0 Å². The Kier molecular flexibility index (Phi) is 9.21. The lowest BCUT2D eigenvalue weighted by Crippen LogP contribution is -2.54. The number of unbranched alkanes of at least 4 members (excludes halogenated alkanes) is 2. The molecule has 0 aliphatic rings. The molecule has 0 spiro atoms. The maximum absolute atomic E-state index is 3.88. The summed E-state index contributed by atoms with van der Waals surface area (Å²) in [6, 6.07) is 0. The highest BCUT2D eigenvalue weighted by atomic mass is 28.3. The third-order valence-electron chi connectivity index (χ3n) is 4.53. The first-order chi connectivity index (χ1) is 8.74. The SMILES string of the molecule is CCCCN(CCCC)CCN[Si](C)(C)C(C)(C)C. The molecule has 0 aromatic rings. The standard InChI is InChI=1S/C16H38N2Si/c1-8-10-13-18(14-11-9-2)15-12-17-19(6,7)16(3,4)5/h17H,8-15H2,1-7H3. The first-order valence-electron chi connectivity index (χ1n) is 8.22. The second-order valence-electron chi connectivity index (χ2n) is 7.35. The van der Waals surface area contributed by atoms with Crippen LogP contribution in [-0.2, 0) is 0 Å². The Balaban J connectivity index is 4.09. The molecule has 0 fully saturated rings. The zero-order valence-corrected chi connectivity index (χ0v) is 15.6. The van der Waals surface area contributed by atoms with Gasteiger partial charge in [-0.25, -0.2) is 0 Å². The maximum atomic E-state index is 3.88. The molecule has 0 rings (SSSR count). The molecule has 0 heterocycles. The highest BCUT2D eigenvalue weighted by Gasteiger charge is 2.34. The molecular formula is C16H38N2Si. The Labute approximate surface area is 123 Å². The molecule has 0 unspecified atom stereocenters. The van der Waals surface area contributed by atoms with Crippen molar-refractivity contribution in [1.82, 2.24) is 9.88 Å². The predicted octanol–water partition coefficient (Wildman–Crippen LogP) is 4.48. The van der Waals surface area contributed by atoms with Crippen molar-refractivity contribution >= 4 is 8.24 Å². The fourth-order valence-electron chi connectivity index (χ4n) is 1.89. The summed E-state index contributed by atoms with van der Waals surface area (Å²) in [5.74, 6) is 0. The Morgan fingerprint density at radius 1 is 0.895 bits per heavy atom. The number of nitrogens with one attached hydrogen (secondary N) is 1. The van der Waals surface area contributed by atoms with Gasteiger partial charge in [-0.15, -0.1) is 0 Å². The van der Waals surface area contributed by atoms with Crippen molar-refractivity contribution in [1.29, 1.82) is 0 Å². The van der Waals surface area contributed by atoms with Crippen LogP contribution in [0, 0.1) is 0 Å². The monoisotopic (exact) mass is 286 g/mol. The molecule has 0 saturated carbocycles. The fraction of sp³-hybridized carbons (Fsp3) is 1.00. The normalized spacial score (nSPS) is 13.3. The molecule has 0 amide bonds. The van der Waals surface area contributed by atoms with Crippen LogP contribution in [0.5, 0.6) is 0 Å². The molecule has 0 bridgehead atoms. The first-order valence-corrected chi connectivity index (χ1v) is 11.2. The summed E-state index contributed by atoms with van der Waals surface area (Å²) in [7, 11) is -1.31. The topological polar surface area (TPSA) is 15.3 Å². The lowest BCUT2D eigenvalue weighted by molar-refractivity contribution is 0.269. The molecule has 2 nitrogen and oxygen atoms in total. The quantitative estimate of drug-likeness (QED) is 0.596. The smallest absolute Gasteiger partial charge is 0.124 e. The zero-order chi connectivity index (χ0) is 14.9. The summed E-state index contributed by atoms with van der Waals surface area (Å²) in [4.78, 5) is 6.53. The predicted molar refractivity (Wildman–Crippen MR) is 91.5 cm³/mol. The second kappa shape index (κ2) is 9.14. The molecule has 0 radical (unpaired) electrons. The molecule has 0 aromatic carbocycles. The molecule has 0 aliphatic carbocycles. The minimum absolute atomic E-state index is 0.435. The second-order valence-corrected chi connectivity index (χ2v) is 12.5. The number of rotatable bonds is 10. The first kappa shape index (κ1) is 19.1. The van der Waals surface area contributed by atoms with E-state index in [1.807, 2.05) is 0 Å². The van der Waals surface area contributed by atoms with E-state index < -0.39 is 8.24 Å². The summed E-state index contributed by atoms with van der Waals surface area (Å²) >= 11 is 0. The van der Waals surface area contributed by atoms with Gasteiger partial charge in [-0.2, -0.15) is 0 Å². The van der Waals surface area contributed by atoms with Crippen molar-refractivity contribution in [2.24, 2.45) is 0 Å². The van der Waals surface area contributed by atoms with Crippen LogP contribution in [0.1, 0.15) is 60.3 Å². The minimum atomic E-state index is -1.31. The Morgan fingerprint density at radius 3 is 1.74 bits per heavy atom. The highest BCUT2D eigenvalue weighted by molar-refractivity contribution is 6.77. The summed E-state index contributed by atoms with van der Waals surface area (Å²) in [5.41, 5.74) is 0. The van der Waals surface area contributed by atoms with Crippen molar-refractivity contribution in [2.75, 3.05) is 26.2 Å². The van der Waals surface area contributed by atoms with E-state index in [9.17, 15) is 0 Å². The van der Waals surface area contributed by atoms with Gasteiger partial charge in [0.2, 0.25) is 0 Å². The zero-order valence-electron chi connectivity index (χ0n) is 14.6. The largest absolute Gasteiger partial charge is 0.336 e. The van der Waals surface area contributed by atoms with E-state index in [0.717, 1.165) is 6.54 Å². The van der Waals surface area contributed by atoms with Crippen LogP contribution in [0.3, 0.4) is 0 Å². The summed E-state index contributed by atoms with van der Waals surface area (Å²) in [5, 5.41) is 0.435. The van der Waals surface area contributed by atoms with Gasteiger partial charge in [-0.1, -0.05) is 60.6 Å². The van der Waals surface area contributed by atoms with E-state index in [2.05, 4.69) is 57.6 Å². The van der Waals surface area contributed by atoms with E-state index >= 15 is 0 Å². The van der Waals surface area contributed by atoms with Gasteiger partial charge in [-0.3, -0.25) is 0 Å². The van der Waals surface area contributed by atoms with E-state index in [1.165, 1.54) is 45.3 Å². The molecule has 19 heavy (non-hydrogen) atoms. The van der Waals surface area contributed by atoms with Crippen molar-refractivity contribution < 1.29 is 0 Å². The Bertz CT molecular complexity index is 213. The van der Waals surface area contributed by atoms with Crippen LogP contribution in [-0.4, -0.2) is 39.3 Å². The summed E-state index contributed by atoms with van der Waals surface area (Å²) in [6.45, 7) is 21.5. The highest BCUT2D eigenvalue weighted by Crippen LogP contribution is 2.33. The fourth-order valence-corrected chi connectivity index (χ4v) is 3.16. The van der Waals surface area contributed by atoms with Crippen LogP contribution >= 0.6 is 0 Å². The van der Waals surface area contributed by atoms with E-state index in [-0.39, 0.29) is 0 Å². The minimum Gasteiger partial charge on any atom is -0.336 e. The van der Waals surface area contributed by atoms with Crippen molar-refractivity contribution in [3.63, 3.8) is 0 Å². The number of hydrogen-bond acceptors (Lipinski definition) is 2. The van der Waals surface area contributed by atoms with Gasteiger partial charge < -0.3 is 9.88 Å². The van der Waals surface area contributed by atoms with Crippen LogP contribution in [0.2, 0.25) is 18.1 Å². The lowest BCUT2D eigenvalue weighted by Gasteiger charge is -2.38. The third-order valence-corrected chi connectivity index (χ3v) is 9.41. The van der Waals surface area contributed by atoms with Crippen molar-refractivity contribution in [2.45, 2.75) is 78.4 Å². The van der Waals surface area contributed by atoms with Crippen molar-refractivity contribution in [3.05, 3.63) is 0 Å². The van der Waals surface area contributed by atoms with Gasteiger partial charge in [0.05, 0.1) is 0 Å². The molecule has 3 heteroatoms. The molecule has 0 aliphatic heterocycles. The Morgan fingerprint density at radius 2 is 1.37 bits per heavy atom. The maximum Gasteiger partial charge on any atom is 0.124 e. The van der Waals surface area contributed by atoms with Gasteiger partial charge in [0.1, 0.15) is 8.24 Å². The summed E-state index contributed by atoms with van der Waals surface area (Å²) in [6.07, 6.45) is 5.28. The molecule has 116 valence electrons. The molecular weight excluding hydrogens is 248 g/mol. The van der Waals surface area contributed by atoms with Gasteiger partial charge in [0, 0.05) is 13.1 Å². The average molecular weight is 287 g/mol. The molecule has 0 saturated heterocycles. The molecule has 0 atom stereocenters. The summed E-state index contributed by atoms with van der Waals surface area (Å²) < 4.78 is 0. The molecule has 0 aromatic heterocycles. The lowest BCUT2D eigenvalue weighted by atomic mass is 10.2.